The number of thiocarbonyl (C=S) groups is 1. The van der Waals surface area contributed by atoms with Crippen LogP contribution in [0.15, 0.2) is 39.5 Å². The van der Waals surface area contributed by atoms with Crippen LogP contribution < -0.4 is 11.1 Å². The molecule has 3 N–H and O–H groups in total. The van der Waals surface area contributed by atoms with Gasteiger partial charge in [-0.05, 0) is 62.9 Å². The third kappa shape index (κ3) is 3.54. The van der Waals surface area contributed by atoms with Crippen molar-refractivity contribution in [3.63, 3.8) is 0 Å². The fourth-order valence-corrected chi connectivity index (χ4v) is 2.94. The fourth-order valence-electron chi connectivity index (χ4n) is 1.59. The number of nitrogens with one attached hydrogen (secondary N) is 1. The summed E-state index contributed by atoms with van der Waals surface area (Å²) in [6, 6.07) is 8.01. The first-order chi connectivity index (χ1) is 8.66. The van der Waals surface area contributed by atoms with E-state index in [9.17, 15) is 0 Å². The molecule has 0 aliphatic rings. The van der Waals surface area contributed by atoms with Gasteiger partial charge in [0.2, 0.25) is 0 Å². The summed E-state index contributed by atoms with van der Waals surface area (Å²) in [5.41, 5.74) is 8.89. The zero-order chi connectivity index (χ0) is 13.0. The van der Waals surface area contributed by atoms with Crippen LogP contribution in [-0.2, 0) is 6.42 Å². The zero-order valence-corrected chi connectivity index (χ0v) is 12.9. The molecule has 0 saturated heterocycles. The van der Waals surface area contributed by atoms with Crippen molar-refractivity contribution in [3.8, 4) is 0 Å². The van der Waals surface area contributed by atoms with Crippen molar-refractivity contribution in [2.24, 2.45) is 5.73 Å². The molecule has 0 aliphatic carbocycles. The van der Waals surface area contributed by atoms with Gasteiger partial charge >= 0.3 is 0 Å². The zero-order valence-electron chi connectivity index (χ0n) is 9.65. The highest BCUT2D eigenvalue weighted by molar-refractivity contribution is 9.10. The number of thiophene rings is 1. The van der Waals surface area contributed by atoms with E-state index in [0.717, 1.165) is 28.7 Å². The topological polar surface area (TPSA) is 38.0 Å². The van der Waals surface area contributed by atoms with Crippen molar-refractivity contribution < 1.29 is 0 Å². The smallest absolute Gasteiger partial charge is 0.104 e. The van der Waals surface area contributed by atoms with Crippen LogP contribution >= 0.6 is 39.5 Å². The maximum Gasteiger partial charge on any atom is 0.104 e. The Hall–Kier alpha value is -0.910. The van der Waals surface area contributed by atoms with Crippen LogP contribution in [0.25, 0.3) is 0 Å². The number of rotatable bonds is 5. The van der Waals surface area contributed by atoms with Gasteiger partial charge in [0.25, 0.3) is 0 Å². The van der Waals surface area contributed by atoms with Crippen LogP contribution in [-0.4, -0.2) is 11.5 Å². The van der Waals surface area contributed by atoms with Crippen LogP contribution in [0.5, 0.6) is 0 Å². The Kier molecular flexibility index (Phi) is 4.74. The van der Waals surface area contributed by atoms with Crippen LogP contribution in [0, 0.1) is 0 Å². The maximum atomic E-state index is 5.59. The van der Waals surface area contributed by atoms with Crippen molar-refractivity contribution >= 4 is 50.2 Å². The molecule has 0 aliphatic heterocycles. The van der Waals surface area contributed by atoms with Crippen molar-refractivity contribution in [2.45, 2.75) is 6.42 Å². The summed E-state index contributed by atoms with van der Waals surface area (Å²) in [4.78, 5) is 0.417. The van der Waals surface area contributed by atoms with E-state index in [4.69, 9.17) is 18.0 Å². The lowest BCUT2D eigenvalue weighted by molar-refractivity contribution is 1.03. The van der Waals surface area contributed by atoms with Crippen molar-refractivity contribution in [1.29, 1.82) is 0 Å². The lowest BCUT2D eigenvalue weighted by Gasteiger charge is -2.09. The molecule has 1 heterocycles. The van der Waals surface area contributed by atoms with E-state index in [1.54, 1.807) is 11.3 Å². The molecule has 18 heavy (non-hydrogen) atoms. The molecule has 0 atom stereocenters. The Morgan fingerprint density at radius 2 is 2.22 bits per heavy atom. The van der Waals surface area contributed by atoms with Gasteiger partial charge < -0.3 is 11.1 Å². The van der Waals surface area contributed by atoms with Gasteiger partial charge in [-0.15, -0.1) is 0 Å². The molecular weight excluding hydrogens is 328 g/mol. The molecule has 0 saturated carbocycles. The van der Waals surface area contributed by atoms with Crippen molar-refractivity contribution in [2.75, 3.05) is 11.9 Å². The number of benzene rings is 1. The van der Waals surface area contributed by atoms with E-state index >= 15 is 0 Å². The number of hydrogen-bond acceptors (Lipinski definition) is 3. The van der Waals surface area contributed by atoms with Gasteiger partial charge in [-0.3, -0.25) is 0 Å². The Morgan fingerprint density at radius 3 is 2.83 bits per heavy atom. The van der Waals surface area contributed by atoms with Gasteiger partial charge in [0, 0.05) is 22.3 Å². The summed E-state index contributed by atoms with van der Waals surface area (Å²) < 4.78 is 0.984. The Balaban J connectivity index is 1.95. The minimum atomic E-state index is 0.417. The van der Waals surface area contributed by atoms with E-state index in [-0.39, 0.29) is 0 Å². The lowest BCUT2D eigenvalue weighted by Crippen LogP contribution is -2.10. The third-order valence-electron chi connectivity index (χ3n) is 2.56. The first kappa shape index (κ1) is 13.5. The molecule has 1 aromatic carbocycles. The normalized spacial score (nSPS) is 10.3. The van der Waals surface area contributed by atoms with Gasteiger partial charge in [0.15, 0.2) is 0 Å². The molecule has 0 amide bonds. The van der Waals surface area contributed by atoms with Crippen LogP contribution in [0.3, 0.4) is 0 Å². The summed E-state index contributed by atoms with van der Waals surface area (Å²) in [7, 11) is 0. The second-order valence-corrected chi connectivity index (χ2v) is 5.94. The molecule has 1 aromatic heterocycles. The second-order valence-electron chi connectivity index (χ2n) is 3.87. The average molecular weight is 341 g/mol. The second kappa shape index (κ2) is 6.31. The van der Waals surface area contributed by atoms with E-state index in [1.165, 1.54) is 5.56 Å². The Labute approximate surface area is 124 Å². The minimum Gasteiger partial charge on any atom is -0.389 e. The maximum absolute atomic E-state index is 5.59. The standard InChI is InChI=1S/C13H13BrN2S2/c14-11-7-10(13(15)17)1-2-12(11)16-5-3-9-4-6-18-8-9/h1-2,4,6-8,16H,3,5H2,(H2,15,17). The molecule has 0 fully saturated rings. The number of anilines is 1. The molecule has 5 heteroatoms. The monoisotopic (exact) mass is 340 g/mol. The van der Waals surface area contributed by atoms with Gasteiger partial charge in [0.05, 0.1) is 0 Å². The Morgan fingerprint density at radius 1 is 1.39 bits per heavy atom. The Bertz CT molecular complexity index is 538. The highest BCUT2D eigenvalue weighted by Crippen LogP contribution is 2.23. The lowest BCUT2D eigenvalue weighted by atomic mass is 10.2. The third-order valence-corrected chi connectivity index (χ3v) is 4.19. The number of nitrogens with two attached hydrogens (primary N) is 1. The molecule has 2 aromatic rings. The van der Waals surface area contributed by atoms with Crippen molar-refractivity contribution in [1.82, 2.24) is 0 Å². The highest BCUT2D eigenvalue weighted by Gasteiger charge is 2.03. The van der Waals surface area contributed by atoms with Gasteiger partial charge in [-0.1, -0.05) is 12.2 Å². The van der Waals surface area contributed by atoms with Crippen LogP contribution in [0.1, 0.15) is 11.1 Å². The largest absolute Gasteiger partial charge is 0.389 e. The molecule has 0 bridgehead atoms. The summed E-state index contributed by atoms with van der Waals surface area (Å²) >= 11 is 10.2. The molecule has 2 nitrogen and oxygen atoms in total. The molecular formula is C13H13BrN2S2. The van der Waals surface area contributed by atoms with E-state index in [1.807, 2.05) is 18.2 Å². The van der Waals surface area contributed by atoms with E-state index < -0.39 is 0 Å². The highest BCUT2D eigenvalue weighted by atomic mass is 79.9. The van der Waals surface area contributed by atoms with Crippen LogP contribution in [0.4, 0.5) is 5.69 Å². The van der Waals surface area contributed by atoms with Gasteiger partial charge in [-0.25, -0.2) is 0 Å². The predicted octanol–water partition coefficient (Wildman–Crippen LogP) is 3.80. The molecule has 0 radical (unpaired) electrons. The summed E-state index contributed by atoms with van der Waals surface area (Å²) in [6.07, 6.45) is 1.02. The quantitative estimate of drug-likeness (QED) is 0.813. The minimum absolute atomic E-state index is 0.417. The summed E-state index contributed by atoms with van der Waals surface area (Å²) in [5.74, 6) is 0. The van der Waals surface area contributed by atoms with Crippen LogP contribution in [0.2, 0.25) is 0 Å². The number of halogens is 1. The first-order valence-electron chi connectivity index (χ1n) is 5.51. The number of hydrogen-bond donors (Lipinski definition) is 2. The summed E-state index contributed by atoms with van der Waals surface area (Å²) in [5, 5.41) is 7.66. The van der Waals surface area contributed by atoms with Crippen molar-refractivity contribution in [3.05, 3.63) is 50.6 Å². The molecule has 0 spiro atoms. The SMILES string of the molecule is NC(=S)c1ccc(NCCc2ccsc2)c(Br)c1. The van der Waals surface area contributed by atoms with E-state index in [2.05, 4.69) is 38.1 Å². The molecule has 94 valence electrons. The van der Waals surface area contributed by atoms with E-state index in [0.29, 0.717) is 4.99 Å². The first-order valence-corrected chi connectivity index (χ1v) is 7.65. The van der Waals surface area contributed by atoms with Gasteiger partial charge in [0.1, 0.15) is 4.99 Å². The van der Waals surface area contributed by atoms with Gasteiger partial charge in [-0.2, -0.15) is 11.3 Å². The molecule has 2 rings (SSSR count). The average Bonchev–Trinajstić information content (AvgIpc) is 2.84. The molecule has 0 unspecified atom stereocenters. The fraction of sp³-hybridized carbons (Fsp3) is 0.154. The summed E-state index contributed by atoms with van der Waals surface area (Å²) in [6.45, 7) is 0.905. The predicted molar refractivity (Wildman–Crippen MR) is 86.5 cm³/mol.